The van der Waals surface area contributed by atoms with Crippen LogP contribution in [0.5, 0.6) is 0 Å². The number of carbonyl (C=O) groups excluding carboxylic acids is 1. The van der Waals surface area contributed by atoms with Crippen LogP contribution in [-0.4, -0.2) is 21.5 Å². The normalized spacial score (nSPS) is 13.0. The maximum absolute atomic E-state index is 12.2. The largest absolute Gasteiger partial charge is 0.338 e. The van der Waals surface area contributed by atoms with Crippen LogP contribution in [0.3, 0.4) is 0 Å². The summed E-state index contributed by atoms with van der Waals surface area (Å²) in [6, 6.07) is 7.33. The molecule has 124 valence electrons. The van der Waals surface area contributed by atoms with Crippen molar-refractivity contribution in [2.45, 2.75) is 51.5 Å². The Morgan fingerprint density at radius 1 is 1.27 bits per heavy atom. The molecular weight excluding hydrogens is 296 g/mol. The first-order valence-electron chi connectivity index (χ1n) is 7.71. The van der Waals surface area contributed by atoms with Crippen LogP contribution >= 0.6 is 0 Å². The minimum Gasteiger partial charge on any atom is -0.338 e. The SMILES string of the molecule is CC(C)CCNC(=O)Nc1cccc(C[S@](=O)C(C)(C)C)c1. The van der Waals surface area contributed by atoms with E-state index >= 15 is 0 Å². The summed E-state index contributed by atoms with van der Waals surface area (Å²) in [6.45, 7) is 10.8. The zero-order valence-corrected chi connectivity index (χ0v) is 15.0. The number of anilines is 1. The molecule has 0 bridgehead atoms. The lowest BCUT2D eigenvalue weighted by molar-refractivity contribution is 0.251. The molecular formula is C17H28N2O2S. The number of urea groups is 1. The molecule has 0 unspecified atom stereocenters. The Labute approximate surface area is 136 Å². The van der Waals surface area contributed by atoms with E-state index in [0.717, 1.165) is 17.7 Å². The average molecular weight is 324 g/mol. The first-order valence-corrected chi connectivity index (χ1v) is 9.02. The lowest BCUT2D eigenvalue weighted by Gasteiger charge is -2.18. The van der Waals surface area contributed by atoms with Crippen LogP contribution in [0.2, 0.25) is 0 Å². The molecule has 0 aliphatic rings. The molecule has 0 heterocycles. The Morgan fingerprint density at radius 2 is 1.95 bits per heavy atom. The van der Waals surface area contributed by atoms with Crippen LogP contribution in [0.4, 0.5) is 10.5 Å². The molecule has 0 aliphatic carbocycles. The fraction of sp³-hybridized carbons (Fsp3) is 0.588. The number of rotatable bonds is 6. The van der Waals surface area contributed by atoms with Gasteiger partial charge in [-0.3, -0.25) is 4.21 Å². The van der Waals surface area contributed by atoms with E-state index in [1.165, 1.54) is 0 Å². The number of nitrogens with one attached hydrogen (secondary N) is 2. The molecule has 0 saturated heterocycles. The predicted octanol–water partition coefficient (Wildman–Crippen LogP) is 3.90. The standard InChI is InChI=1S/C17H28N2O2S/c1-13(2)9-10-18-16(20)19-15-8-6-7-14(11-15)12-22(21)17(3,4)5/h6-8,11,13H,9-10,12H2,1-5H3,(H2,18,19,20)/t22-/m0/s1. The third-order valence-corrected chi connectivity index (χ3v) is 5.13. The summed E-state index contributed by atoms with van der Waals surface area (Å²) in [5.74, 6) is 1.06. The van der Waals surface area contributed by atoms with Gasteiger partial charge in [-0.1, -0.05) is 26.0 Å². The van der Waals surface area contributed by atoms with E-state index < -0.39 is 10.8 Å². The lowest BCUT2D eigenvalue weighted by atomic mass is 10.1. The van der Waals surface area contributed by atoms with Gasteiger partial charge in [-0.25, -0.2) is 4.79 Å². The van der Waals surface area contributed by atoms with E-state index in [0.29, 0.717) is 18.2 Å². The first kappa shape index (κ1) is 18.7. The lowest BCUT2D eigenvalue weighted by Crippen LogP contribution is -2.30. The summed E-state index contributed by atoms with van der Waals surface area (Å²) in [4.78, 5) is 11.8. The quantitative estimate of drug-likeness (QED) is 0.833. The minimum atomic E-state index is -0.948. The van der Waals surface area contributed by atoms with E-state index in [9.17, 15) is 9.00 Å². The molecule has 1 rings (SSSR count). The molecule has 1 atom stereocenters. The maximum atomic E-state index is 12.2. The third-order valence-electron chi connectivity index (χ3n) is 3.17. The molecule has 22 heavy (non-hydrogen) atoms. The second-order valence-electron chi connectivity index (χ2n) is 6.87. The van der Waals surface area contributed by atoms with Crippen molar-refractivity contribution in [2.75, 3.05) is 11.9 Å². The van der Waals surface area contributed by atoms with E-state index in [1.54, 1.807) is 0 Å². The molecule has 2 amide bonds. The van der Waals surface area contributed by atoms with E-state index in [-0.39, 0.29) is 10.8 Å². The Morgan fingerprint density at radius 3 is 2.55 bits per heavy atom. The number of amides is 2. The molecule has 2 N–H and O–H groups in total. The van der Waals surface area contributed by atoms with Crippen LogP contribution < -0.4 is 10.6 Å². The van der Waals surface area contributed by atoms with Crippen molar-refractivity contribution in [3.8, 4) is 0 Å². The smallest absolute Gasteiger partial charge is 0.319 e. The van der Waals surface area contributed by atoms with Crippen molar-refractivity contribution >= 4 is 22.5 Å². The number of benzene rings is 1. The van der Waals surface area contributed by atoms with Gasteiger partial charge in [0.1, 0.15) is 0 Å². The monoisotopic (exact) mass is 324 g/mol. The summed E-state index contributed by atoms with van der Waals surface area (Å²) in [5, 5.41) is 5.66. The highest BCUT2D eigenvalue weighted by molar-refractivity contribution is 7.85. The van der Waals surface area contributed by atoms with Gasteiger partial charge in [0.2, 0.25) is 0 Å². The molecule has 0 spiro atoms. The summed E-state index contributed by atoms with van der Waals surface area (Å²) >= 11 is 0. The highest BCUT2D eigenvalue weighted by Crippen LogP contribution is 2.18. The van der Waals surface area contributed by atoms with Crippen molar-refractivity contribution in [2.24, 2.45) is 5.92 Å². The second kappa shape index (κ2) is 8.32. The van der Waals surface area contributed by atoms with Gasteiger partial charge < -0.3 is 10.6 Å². The van der Waals surface area contributed by atoms with Crippen molar-refractivity contribution in [3.63, 3.8) is 0 Å². The van der Waals surface area contributed by atoms with Gasteiger partial charge in [-0.05, 0) is 50.8 Å². The molecule has 0 saturated carbocycles. The molecule has 1 aromatic carbocycles. The fourth-order valence-electron chi connectivity index (χ4n) is 1.76. The van der Waals surface area contributed by atoms with Crippen molar-refractivity contribution in [1.82, 2.24) is 5.32 Å². The van der Waals surface area contributed by atoms with Crippen LogP contribution in [-0.2, 0) is 16.6 Å². The summed E-state index contributed by atoms with van der Waals surface area (Å²) < 4.78 is 11.9. The fourth-order valence-corrected chi connectivity index (χ4v) is 2.67. The zero-order valence-electron chi connectivity index (χ0n) is 14.2. The topological polar surface area (TPSA) is 58.2 Å². The van der Waals surface area contributed by atoms with Gasteiger partial charge in [0, 0.05) is 33.5 Å². The molecule has 0 aliphatic heterocycles. The van der Waals surface area contributed by atoms with Gasteiger partial charge in [-0.2, -0.15) is 0 Å². The van der Waals surface area contributed by atoms with Crippen molar-refractivity contribution in [3.05, 3.63) is 29.8 Å². The van der Waals surface area contributed by atoms with Crippen molar-refractivity contribution in [1.29, 1.82) is 0 Å². The highest BCUT2D eigenvalue weighted by Gasteiger charge is 2.19. The molecule has 4 nitrogen and oxygen atoms in total. The van der Waals surface area contributed by atoms with E-state index in [2.05, 4.69) is 24.5 Å². The van der Waals surface area contributed by atoms with Crippen molar-refractivity contribution < 1.29 is 9.00 Å². The summed E-state index contributed by atoms with van der Waals surface area (Å²) in [5.41, 5.74) is 1.69. The average Bonchev–Trinajstić information content (AvgIpc) is 2.37. The Bertz CT molecular complexity index is 522. The van der Waals surface area contributed by atoms with Gasteiger partial charge in [-0.15, -0.1) is 0 Å². The van der Waals surface area contributed by atoms with Gasteiger partial charge in [0.25, 0.3) is 0 Å². The Balaban J connectivity index is 2.57. The molecule has 5 heteroatoms. The van der Waals surface area contributed by atoms with Crippen LogP contribution in [0.25, 0.3) is 0 Å². The van der Waals surface area contributed by atoms with Gasteiger partial charge in [0.05, 0.1) is 0 Å². The summed E-state index contributed by atoms with van der Waals surface area (Å²) in [7, 11) is -0.948. The number of carbonyl (C=O) groups is 1. The van der Waals surface area contributed by atoms with Crippen LogP contribution in [0.15, 0.2) is 24.3 Å². The highest BCUT2D eigenvalue weighted by atomic mass is 32.2. The van der Waals surface area contributed by atoms with Gasteiger partial charge >= 0.3 is 6.03 Å². The summed E-state index contributed by atoms with van der Waals surface area (Å²) in [6.07, 6.45) is 0.956. The van der Waals surface area contributed by atoms with Crippen LogP contribution in [0, 0.1) is 5.92 Å². The van der Waals surface area contributed by atoms with E-state index in [4.69, 9.17) is 0 Å². The maximum Gasteiger partial charge on any atom is 0.319 e. The Kier molecular flexibility index (Phi) is 7.07. The number of hydrogen-bond acceptors (Lipinski definition) is 2. The molecule has 0 aromatic heterocycles. The Hall–Kier alpha value is -1.36. The van der Waals surface area contributed by atoms with Gasteiger partial charge in [0.15, 0.2) is 0 Å². The minimum absolute atomic E-state index is 0.199. The predicted molar refractivity (Wildman–Crippen MR) is 94.5 cm³/mol. The first-order chi connectivity index (χ1) is 10.2. The molecule has 0 radical (unpaired) electrons. The molecule has 0 fully saturated rings. The number of hydrogen-bond donors (Lipinski definition) is 2. The van der Waals surface area contributed by atoms with E-state index in [1.807, 2.05) is 45.0 Å². The van der Waals surface area contributed by atoms with Crippen LogP contribution in [0.1, 0.15) is 46.6 Å². The zero-order chi connectivity index (χ0) is 16.8. The third kappa shape index (κ3) is 7.07. The second-order valence-corrected chi connectivity index (χ2v) is 9.07. The molecule has 1 aromatic rings.